The Balaban J connectivity index is 2.76. The molecule has 1 rings (SSSR count). The largest absolute Gasteiger partial charge is 0.389 e. The zero-order valence-electron chi connectivity index (χ0n) is 8.08. The van der Waals surface area contributed by atoms with Gasteiger partial charge in [-0.25, -0.2) is 0 Å². The van der Waals surface area contributed by atoms with Crippen LogP contribution in [-0.2, 0) is 4.74 Å². The molecule has 0 saturated carbocycles. The molecule has 0 spiro atoms. The summed E-state index contributed by atoms with van der Waals surface area (Å²) in [5.41, 5.74) is 0. The van der Waals surface area contributed by atoms with E-state index in [2.05, 4.69) is 0 Å². The molecule has 1 aliphatic rings. The molecule has 1 fully saturated rings. The number of hydrogen-bond donors (Lipinski definition) is 3. The summed E-state index contributed by atoms with van der Waals surface area (Å²) in [6, 6.07) is -0.487. The molecule has 0 amide bonds. The predicted molar refractivity (Wildman–Crippen MR) is 46.0 cm³/mol. The van der Waals surface area contributed by atoms with E-state index in [1.807, 2.05) is 0 Å². The first-order chi connectivity index (χ1) is 5.95. The first-order valence-corrected chi connectivity index (χ1v) is 4.31. The van der Waals surface area contributed by atoms with Crippen LogP contribution in [0.5, 0.6) is 0 Å². The molecule has 5 atom stereocenters. The topological polar surface area (TPSA) is 73.2 Å². The minimum Gasteiger partial charge on any atom is -0.389 e. The molecular formula is C8H17NO4. The van der Waals surface area contributed by atoms with Gasteiger partial charge < -0.3 is 25.0 Å². The maximum Gasteiger partial charge on any atom is 0.182 e. The number of ether oxygens (including phenoxy) is 1. The summed E-state index contributed by atoms with van der Waals surface area (Å²) in [6.07, 6.45) is -3.54. The van der Waals surface area contributed by atoms with Crippen molar-refractivity contribution in [2.75, 3.05) is 14.1 Å². The lowest BCUT2D eigenvalue weighted by molar-refractivity contribution is -0.263. The van der Waals surface area contributed by atoms with Crippen LogP contribution in [0.3, 0.4) is 0 Å². The second-order valence-corrected chi connectivity index (χ2v) is 3.67. The van der Waals surface area contributed by atoms with E-state index >= 15 is 0 Å². The molecule has 0 aromatic heterocycles. The first kappa shape index (κ1) is 10.9. The molecule has 1 aliphatic heterocycles. The van der Waals surface area contributed by atoms with Crippen LogP contribution in [0, 0.1) is 0 Å². The van der Waals surface area contributed by atoms with Crippen LogP contribution in [0.2, 0.25) is 0 Å². The zero-order valence-corrected chi connectivity index (χ0v) is 8.08. The van der Waals surface area contributed by atoms with Crippen molar-refractivity contribution in [3.63, 3.8) is 0 Å². The van der Waals surface area contributed by atoms with Gasteiger partial charge in [0.25, 0.3) is 0 Å². The monoisotopic (exact) mass is 191 g/mol. The number of likely N-dealkylation sites (N-methyl/N-ethyl adjacent to an activating group) is 1. The highest BCUT2D eigenvalue weighted by molar-refractivity contribution is 4.91. The Morgan fingerprint density at radius 3 is 2.08 bits per heavy atom. The van der Waals surface area contributed by atoms with Crippen LogP contribution < -0.4 is 0 Å². The van der Waals surface area contributed by atoms with Gasteiger partial charge in [-0.15, -0.1) is 0 Å². The second-order valence-electron chi connectivity index (χ2n) is 3.67. The van der Waals surface area contributed by atoms with E-state index in [9.17, 15) is 15.3 Å². The van der Waals surface area contributed by atoms with Gasteiger partial charge in [-0.1, -0.05) is 0 Å². The molecule has 5 nitrogen and oxygen atoms in total. The molecule has 0 radical (unpaired) electrons. The van der Waals surface area contributed by atoms with E-state index in [4.69, 9.17) is 4.74 Å². The van der Waals surface area contributed by atoms with E-state index in [0.717, 1.165) is 0 Å². The van der Waals surface area contributed by atoms with Gasteiger partial charge in [-0.05, 0) is 21.0 Å². The van der Waals surface area contributed by atoms with Crippen LogP contribution in [0.25, 0.3) is 0 Å². The standard InChI is InChI=1S/C8H17NO4/c1-4-6(10)5(9(2)3)7(11)8(12)13-4/h4-8,10-12H,1-3H3/t4-,5-,6+,7+,8?/m1/s1. The fourth-order valence-corrected chi connectivity index (χ4v) is 1.64. The molecular weight excluding hydrogens is 174 g/mol. The van der Waals surface area contributed by atoms with Crippen LogP contribution in [0.4, 0.5) is 0 Å². The minimum atomic E-state index is -1.22. The van der Waals surface area contributed by atoms with E-state index in [-0.39, 0.29) is 0 Å². The lowest BCUT2D eigenvalue weighted by Crippen LogP contribution is -2.61. The fourth-order valence-electron chi connectivity index (χ4n) is 1.64. The van der Waals surface area contributed by atoms with Crippen molar-refractivity contribution >= 4 is 0 Å². The summed E-state index contributed by atoms with van der Waals surface area (Å²) in [5.74, 6) is 0. The highest BCUT2D eigenvalue weighted by Crippen LogP contribution is 2.22. The molecule has 3 N–H and O–H groups in total. The van der Waals surface area contributed by atoms with Crippen LogP contribution >= 0.6 is 0 Å². The van der Waals surface area contributed by atoms with Gasteiger partial charge in [0.15, 0.2) is 6.29 Å². The van der Waals surface area contributed by atoms with Gasteiger partial charge in [0.2, 0.25) is 0 Å². The smallest absolute Gasteiger partial charge is 0.182 e. The van der Waals surface area contributed by atoms with Crippen molar-refractivity contribution in [3.8, 4) is 0 Å². The van der Waals surface area contributed by atoms with E-state index in [1.165, 1.54) is 0 Å². The lowest BCUT2D eigenvalue weighted by Gasteiger charge is -2.42. The third-order valence-electron chi connectivity index (χ3n) is 2.42. The predicted octanol–water partition coefficient (Wildman–Crippen LogP) is -1.62. The Kier molecular flexibility index (Phi) is 3.26. The molecule has 1 unspecified atom stereocenters. The zero-order chi connectivity index (χ0) is 10.2. The summed E-state index contributed by atoms with van der Waals surface area (Å²) in [4.78, 5) is 1.68. The Hall–Kier alpha value is -0.200. The average molecular weight is 191 g/mol. The summed E-state index contributed by atoms with van der Waals surface area (Å²) in [5, 5.41) is 28.5. The summed E-state index contributed by atoms with van der Waals surface area (Å²) >= 11 is 0. The van der Waals surface area contributed by atoms with Gasteiger partial charge in [0.1, 0.15) is 6.10 Å². The SMILES string of the molecule is C[C@H]1OC(O)[C@@H](O)[C@H](N(C)C)[C@H]1O. The van der Waals surface area contributed by atoms with Crippen molar-refractivity contribution in [2.24, 2.45) is 0 Å². The fraction of sp³-hybridized carbons (Fsp3) is 1.00. The number of aliphatic hydroxyl groups is 3. The molecule has 0 aromatic rings. The third-order valence-corrected chi connectivity index (χ3v) is 2.42. The van der Waals surface area contributed by atoms with E-state index in [1.54, 1.807) is 25.9 Å². The summed E-state index contributed by atoms with van der Waals surface area (Å²) in [7, 11) is 3.48. The molecule has 1 heterocycles. The summed E-state index contributed by atoms with van der Waals surface area (Å²) < 4.78 is 4.92. The van der Waals surface area contributed by atoms with Crippen molar-refractivity contribution < 1.29 is 20.1 Å². The average Bonchev–Trinajstić information content (AvgIpc) is 2.01. The van der Waals surface area contributed by atoms with Gasteiger partial charge in [0.05, 0.1) is 18.2 Å². The van der Waals surface area contributed by atoms with Gasteiger partial charge >= 0.3 is 0 Å². The molecule has 0 aliphatic carbocycles. The van der Waals surface area contributed by atoms with Crippen LogP contribution in [0.1, 0.15) is 6.92 Å². The molecule has 5 heteroatoms. The van der Waals surface area contributed by atoms with E-state index in [0.29, 0.717) is 0 Å². The molecule has 13 heavy (non-hydrogen) atoms. The molecule has 0 aromatic carbocycles. The third kappa shape index (κ3) is 2.00. The van der Waals surface area contributed by atoms with Gasteiger partial charge in [-0.2, -0.15) is 0 Å². The second kappa shape index (κ2) is 3.89. The number of nitrogens with zero attached hydrogens (tertiary/aromatic N) is 1. The minimum absolute atomic E-state index is 0.467. The number of rotatable bonds is 1. The Morgan fingerprint density at radius 1 is 1.08 bits per heavy atom. The number of aliphatic hydroxyl groups excluding tert-OH is 3. The lowest BCUT2D eigenvalue weighted by atomic mass is 9.96. The normalized spacial score (nSPS) is 46.8. The van der Waals surface area contributed by atoms with Crippen molar-refractivity contribution in [2.45, 2.75) is 37.6 Å². The Labute approximate surface area is 77.5 Å². The van der Waals surface area contributed by atoms with Crippen molar-refractivity contribution in [1.82, 2.24) is 4.90 Å². The van der Waals surface area contributed by atoms with Crippen molar-refractivity contribution in [1.29, 1.82) is 0 Å². The molecule has 0 bridgehead atoms. The maximum absolute atomic E-state index is 9.66. The van der Waals surface area contributed by atoms with Gasteiger partial charge in [-0.3, -0.25) is 0 Å². The van der Waals surface area contributed by atoms with E-state index < -0.39 is 30.6 Å². The van der Waals surface area contributed by atoms with Gasteiger partial charge in [0, 0.05) is 0 Å². The first-order valence-electron chi connectivity index (χ1n) is 4.31. The quantitative estimate of drug-likeness (QED) is 0.464. The Morgan fingerprint density at radius 2 is 1.62 bits per heavy atom. The molecule has 1 saturated heterocycles. The summed E-state index contributed by atoms with van der Waals surface area (Å²) in [6.45, 7) is 1.66. The van der Waals surface area contributed by atoms with Crippen molar-refractivity contribution in [3.05, 3.63) is 0 Å². The highest BCUT2D eigenvalue weighted by atomic mass is 16.6. The van der Waals surface area contributed by atoms with Crippen LogP contribution in [0.15, 0.2) is 0 Å². The number of hydrogen-bond acceptors (Lipinski definition) is 5. The highest BCUT2D eigenvalue weighted by Gasteiger charge is 2.42. The van der Waals surface area contributed by atoms with Crippen LogP contribution in [-0.4, -0.2) is 65.0 Å². The molecule has 78 valence electrons. The maximum atomic E-state index is 9.66. The Bertz CT molecular complexity index is 162.